The summed E-state index contributed by atoms with van der Waals surface area (Å²) in [7, 11) is 0. The summed E-state index contributed by atoms with van der Waals surface area (Å²) in [6, 6.07) is 12.3. The summed E-state index contributed by atoms with van der Waals surface area (Å²) in [6.07, 6.45) is 9.51. The molecule has 1 aliphatic rings. The lowest BCUT2D eigenvalue weighted by atomic mass is 9.84. The number of aromatic nitrogens is 7. The maximum Gasteiger partial charge on any atom is 0.328 e. The summed E-state index contributed by atoms with van der Waals surface area (Å²) >= 11 is 0. The molecular formula is C31H41N7O. The molecule has 3 heterocycles. The van der Waals surface area contributed by atoms with Gasteiger partial charge in [-0.15, -0.1) is 10.2 Å². The van der Waals surface area contributed by atoms with Crippen LogP contribution in [0.1, 0.15) is 77.7 Å². The number of H-pyrrole nitrogens is 1. The molecule has 1 N–H and O–H groups in total. The number of tetrazole rings is 1. The number of pyridine rings is 1. The molecule has 206 valence electrons. The topological polar surface area (TPSA) is 94.3 Å². The van der Waals surface area contributed by atoms with Crippen LogP contribution in [-0.4, -0.2) is 34.7 Å². The van der Waals surface area contributed by atoms with Crippen LogP contribution < -0.4 is 5.69 Å². The fourth-order valence-electron chi connectivity index (χ4n) is 6.44. The molecule has 5 rings (SSSR count). The van der Waals surface area contributed by atoms with E-state index < -0.39 is 0 Å². The van der Waals surface area contributed by atoms with Crippen LogP contribution in [0.2, 0.25) is 0 Å². The Morgan fingerprint density at radius 2 is 1.72 bits per heavy atom. The minimum absolute atomic E-state index is 0.109. The van der Waals surface area contributed by atoms with Crippen LogP contribution >= 0.6 is 0 Å². The molecular weight excluding hydrogens is 486 g/mol. The molecule has 8 nitrogen and oxygen atoms in total. The van der Waals surface area contributed by atoms with Crippen molar-refractivity contribution in [3.05, 3.63) is 70.7 Å². The van der Waals surface area contributed by atoms with Gasteiger partial charge in [0.15, 0.2) is 0 Å². The highest BCUT2D eigenvalue weighted by atomic mass is 16.1. The first kappa shape index (κ1) is 27.0. The second kappa shape index (κ2) is 11.7. The van der Waals surface area contributed by atoms with Gasteiger partial charge in [0.05, 0.1) is 12.2 Å². The van der Waals surface area contributed by atoms with Gasteiger partial charge in [-0.3, -0.25) is 14.1 Å². The molecule has 1 saturated carbocycles. The molecule has 1 fully saturated rings. The van der Waals surface area contributed by atoms with Crippen LogP contribution in [0.3, 0.4) is 0 Å². The van der Waals surface area contributed by atoms with Gasteiger partial charge in [-0.25, -0.2) is 4.79 Å². The van der Waals surface area contributed by atoms with E-state index in [-0.39, 0.29) is 11.7 Å². The predicted octanol–water partition coefficient (Wildman–Crippen LogP) is 6.16. The number of benzene rings is 1. The Bertz CT molecular complexity index is 1400. The molecule has 1 aliphatic carbocycles. The Hall–Kier alpha value is -3.55. The van der Waals surface area contributed by atoms with E-state index in [9.17, 15) is 4.79 Å². The van der Waals surface area contributed by atoms with E-state index in [4.69, 9.17) is 4.98 Å². The van der Waals surface area contributed by atoms with Gasteiger partial charge in [0.1, 0.15) is 0 Å². The SMILES string of the molecule is CCCCc1cn(C2C(C(C)C)CCC2C(C)C)c(=O)n1Cc1ccc(-c2ccccc2-c2nn[nH]n2)cn1. The molecule has 0 aliphatic heterocycles. The average Bonchev–Trinajstić information content (AvgIpc) is 3.68. The Balaban J connectivity index is 1.47. The molecule has 2 atom stereocenters. The fraction of sp³-hybridized carbons (Fsp3) is 0.516. The highest BCUT2D eigenvalue weighted by Crippen LogP contribution is 2.47. The van der Waals surface area contributed by atoms with E-state index in [0.717, 1.165) is 47.3 Å². The molecule has 39 heavy (non-hydrogen) atoms. The van der Waals surface area contributed by atoms with Crippen molar-refractivity contribution in [2.24, 2.45) is 23.7 Å². The summed E-state index contributed by atoms with van der Waals surface area (Å²) in [5.41, 5.74) is 4.96. The average molecular weight is 528 g/mol. The lowest BCUT2D eigenvalue weighted by Gasteiger charge is -2.30. The van der Waals surface area contributed by atoms with Crippen LogP contribution in [0, 0.1) is 23.7 Å². The van der Waals surface area contributed by atoms with Crippen molar-refractivity contribution < 1.29 is 0 Å². The number of aromatic amines is 1. The van der Waals surface area contributed by atoms with Crippen molar-refractivity contribution >= 4 is 0 Å². The second-order valence-corrected chi connectivity index (χ2v) is 11.7. The third kappa shape index (κ3) is 5.47. The number of rotatable bonds is 10. The van der Waals surface area contributed by atoms with Gasteiger partial charge < -0.3 is 0 Å². The second-order valence-electron chi connectivity index (χ2n) is 11.7. The highest BCUT2D eigenvalue weighted by Gasteiger charge is 2.41. The summed E-state index contributed by atoms with van der Waals surface area (Å²) < 4.78 is 4.07. The monoisotopic (exact) mass is 527 g/mol. The molecule has 0 radical (unpaired) electrons. The van der Waals surface area contributed by atoms with Gasteiger partial charge >= 0.3 is 5.69 Å². The first-order valence-corrected chi connectivity index (χ1v) is 14.5. The number of unbranched alkanes of at least 4 members (excludes halogenated alkanes) is 1. The summed E-state index contributed by atoms with van der Waals surface area (Å²) in [6.45, 7) is 11.9. The smallest absolute Gasteiger partial charge is 0.295 e. The van der Waals surface area contributed by atoms with Gasteiger partial charge in [0, 0.05) is 35.3 Å². The first-order valence-electron chi connectivity index (χ1n) is 14.5. The third-order valence-corrected chi connectivity index (χ3v) is 8.59. The van der Waals surface area contributed by atoms with Crippen LogP contribution in [0.25, 0.3) is 22.5 Å². The third-order valence-electron chi connectivity index (χ3n) is 8.59. The zero-order valence-corrected chi connectivity index (χ0v) is 23.8. The van der Waals surface area contributed by atoms with E-state index in [2.05, 4.69) is 72.1 Å². The molecule has 3 aromatic heterocycles. The summed E-state index contributed by atoms with van der Waals surface area (Å²) in [5, 5.41) is 14.5. The van der Waals surface area contributed by atoms with Crippen molar-refractivity contribution in [3.63, 3.8) is 0 Å². The number of imidazole rings is 1. The van der Waals surface area contributed by atoms with Gasteiger partial charge in [0.25, 0.3) is 0 Å². The molecule has 0 amide bonds. The number of nitrogens with one attached hydrogen (secondary N) is 1. The van der Waals surface area contributed by atoms with Crippen LogP contribution in [0.15, 0.2) is 53.6 Å². The zero-order chi connectivity index (χ0) is 27.5. The number of nitrogens with zero attached hydrogens (tertiary/aromatic N) is 6. The maximum absolute atomic E-state index is 14.0. The van der Waals surface area contributed by atoms with E-state index >= 15 is 0 Å². The molecule has 0 bridgehead atoms. The van der Waals surface area contributed by atoms with Gasteiger partial charge in [-0.05, 0) is 66.2 Å². The summed E-state index contributed by atoms with van der Waals surface area (Å²) in [4.78, 5) is 18.8. The molecule has 0 saturated heterocycles. The Kier molecular flexibility index (Phi) is 8.10. The molecule has 1 aromatic carbocycles. The number of hydrogen-bond donors (Lipinski definition) is 1. The Morgan fingerprint density at radius 1 is 1.00 bits per heavy atom. The highest BCUT2D eigenvalue weighted by molar-refractivity contribution is 5.79. The standard InChI is InChI=1S/C31H41N7O/c1-6-7-10-24-19-38(29-25(20(2)3)15-16-26(29)21(4)5)31(39)37(24)18-23-14-13-22(17-32-23)27-11-8-9-12-28(27)30-33-35-36-34-30/h8-9,11-14,17,19-21,25-26,29H,6-7,10,15-16,18H2,1-5H3,(H,33,34,35,36). The normalized spacial score (nSPS) is 19.4. The molecule has 8 heteroatoms. The lowest BCUT2D eigenvalue weighted by Crippen LogP contribution is -2.34. The van der Waals surface area contributed by atoms with Crippen molar-refractivity contribution in [1.82, 2.24) is 34.7 Å². The van der Waals surface area contributed by atoms with E-state index in [1.54, 1.807) is 0 Å². The largest absolute Gasteiger partial charge is 0.328 e. The van der Waals surface area contributed by atoms with Gasteiger partial charge in [-0.1, -0.05) is 71.4 Å². The number of aryl methyl sites for hydroxylation is 1. The first-order chi connectivity index (χ1) is 18.9. The van der Waals surface area contributed by atoms with Crippen molar-refractivity contribution in [3.8, 4) is 22.5 Å². The Morgan fingerprint density at radius 3 is 2.31 bits per heavy atom. The Labute approximate surface area is 230 Å². The lowest BCUT2D eigenvalue weighted by molar-refractivity contribution is 0.212. The summed E-state index contributed by atoms with van der Waals surface area (Å²) in [5.74, 6) is 2.72. The maximum atomic E-state index is 14.0. The molecule has 4 aromatic rings. The van der Waals surface area contributed by atoms with Crippen LogP contribution in [-0.2, 0) is 13.0 Å². The fourth-order valence-corrected chi connectivity index (χ4v) is 6.44. The quantitative estimate of drug-likeness (QED) is 0.266. The zero-order valence-electron chi connectivity index (χ0n) is 23.8. The van der Waals surface area contributed by atoms with Crippen molar-refractivity contribution in [2.75, 3.05) is 0 Å². The minimum Gasteiger partial charge on any atom is -0.295 e. The van der Waals surface area contributed by atoms with E-state index in [0.29, 0.717) is 36.0 Å². The number of hydrogen-bond acceptors (Lipinski definition) is 5. The molecule has 2 unspecified atom stereocenters. The van der Waals surface area contributed by atoms with Crippen LogP contribution in [0.5, 0.6) is 0 Å². The van der Waals surface area contributed by atoms with Crippen LogP contribution in [0.4, 0.5) is 0 Å². The molecule has 0 spiro atoms. The predicted molar refractivity (Wildman–Crippen MR) is 154 cm³/mol. The van der Waals surface area contributed by atoms with E-state index in [1.165, 1.54) is 12.8 Å². The van der Waals surface area contributed by atoms with Gasteiger partial charge in [0.2, 0.25) is 5.82 Å². The van der Waals surface area contributed by atoms with Crippen molar-refractivity contribution in [2.45, 2.75) is 79.3 Å². The van der Waals surface area contributed by atoms with E-state index in [1.807, 2.05) is 41.1 Å². The van der Waals surface area contributed by atoms with Crippen molar-refractivity contribution in [1.29, 1.82) is 0 Å². The van der Waals surface area contributed by atoms with Gasteiger partial charge in [-0.2, -0.15) is 5.21 Å². The minimum atomic E-state index is 0.109.